The van der Waals surface area contributed by atoms with E-state index in [0.717, 1.165) is 21.5 Å². The fraction of sp³-hybridized carbons (Fsp3) is 0. The predicted octanol–water partition coefficient (Wildman–Crippen LogP) is 4.08. The molecule has 0 radical (unpaired) electrons. The highest BCUT2D eigenvalue weighted by Gasteiger charge is 2.14. The molecule has 0 unspecified atom stereocenters. The summed E-state index contributed by atoms with van der Waals surface area (Å²) in [4.78, 5) is 14.4. The van der Waals surface area contributed by atoms with E-state index in [1.165, 1.54) is 0 Å². The highest BCUT2D eigenvalue weighted by atomic mass is 79.9. The highest BCUT2D eigenvalue weighted by Crippen LogP contribution is 2.35. The number of carbonyl (C=O) groups is 1. The number of carboxylic acid groups (broad SMARTS) is 1. The van der Waals surface area contributed by atoms with E-state index >= 15 is 0 Å². The van der Waals surface area contributed by atoms with Crippen molar-refractivity contribution in [3.05, 3.63) is 52.8 Å². The first kappa shape index (κ1) is 12.7. The van der Waals surface area contributed by atoms with Crippen LogP contribution < -0.4 is 4.74 Å². The van der Waals surface area contributed by atoms with Crippen LogP contribution >= 0.6 is 15.9 Å². The lowest BCUT2D eigenvalue weighted by atomic mass is 10.1. The lowest BCUT2D eigenvalue weighted by molar-refractivity contribution is 0.0690. The van der Waals surface area contributed by atoms with Crippen LogP contribution in [0.4, 0.5) is 0 Å². The van der Waals surface area contributed by atoms with Crippen LogP contribution in [-0.4, -0.2) is 16.1 Å². The van der Waals surface area contributed by atoms with Gasteiger partial charge in [0, 0.05) is 0 Å². The molecular weight excluding hydrogens is 326 g/mol. The Balaban J connectivity index is 1.97. The molecule has 0 aliphatic heterocycles. The molecule has 3 rings (SSSR count). The Labute approximate surface area is 121 Å². The Bertz CT molecular complexity index is 797. The van der Waals surface area contributed by atoms with Crippen LogP contribution in [0.1, 0.15) is 10.5 Å². The molecule has 0 aliphatic carbocycles. The smallest absolute Gasteiger partial charge is 0.399 e. The molecule has 0 saturated heterocycles. The number of oxazole rings is 1. The van der Waals surface area contributed by atoms with Crippen molar-refractivity contribution in [2.24, 2.45) is 0 Å². The molecule has 0 aliphatic rings. The maximum atomic E-state index is 10.7. The second kappa shape index (κ2) is 4.97. The number of fused-ring (bicyclic) bond motifs is 1. The quantitative estimate of drug-likeness (QED) is 0.781. The van der Waals surface area contributed by atoms with Crippen molar-refractivity contribution < 1.29 is 19.1 Å². The number of halogens is 1. The van der Waals surface area contributed by atoms with Crippen molar-refractivity contribution in [3.8, 4) is 11.8 Å². The summed E-state index contributed by atoms with van der Waals surface area (Å²) in [7, 11) is 0. The van der Waals surface area contributed by atoms with Gasteiger partial charge in [0.15, 0.2) is 5.69 Å². The molecule has 0 amide bonds. The summed E-state index contributed by atoms with van der Waals surface area (Å²) in [5, 5.41) is 10.8. The lowest BCUT2D eigenvalue weighted by Crippen LogP contribution is -1.96. The zero-order valence-electron chi connectivity index (χ0n) is 10.0. The van der Waals surface area contributed by atoms with Crippen LogP contribution in [0.25, 0.3) is 10.8 Å². The summed E-state index contributed by atoms with van der Waals surface area (Å²) in [5.74, 6) is -0.663. The van der Waals surface area contributed by atoms with Crippen LogP contribution in [0.2, 0.25) is 0 Å². The van der Waals surface area contributed by atoms with E-state index in [1.54, 1.807) is 6.07 Å². The van der Waals surface area contributed by atoms with Crippen LogP contribution in [-0.2, 0) is 0 Å². The maximum Gasteiger partial charge on any atom is 0.399 e. The van der Waals surface area contributed by atoms with Gasteiger partial charge in [0.1, 0.15) is 12.0 Å². The molecule has 20 heavy (non-hydrogen) atoms. The van der Waals surface area contributed by atoms with Crippen molar-refractivity contribution >= 4 is 32.7 Å². The molecule has 0 saturated carbocycles. The number of hydrogen-bond donors (Lipinski definition) is 1. The van der Waals surface area contributed by atoms with Crippen LogP contribution in [0, 0.1) is 0 Å². The number of carboxylic acids is 1. The van der Waals surface area contributed by atoms with Gasteiger partial charge in [-0.05, 0) is 32.8 Å². The fourth-order valence-corrected chi connectivity index (χ4v) is 2.36. The fourth-order valence-electron chi connectivity index (χ4n) is 1.79. The molecule has 0 atom stereocenters. The van der Waals surface area contributed by atoms with E-state index < -0.39 is 5.97 Å². The average molecular weight is 334 g/mol. The molecule has 0 bridgehead atoms. The van der Waals surface area contributed by atoms with Gasteiger partial charge in [-0.3, -0.25) is 0 Å². The molecule has 1 heterocycles. The van der Waals surface area contributed by atoms with E-state index in [1.807, 2.05) is 30.3 Å². The van der Waals surface area contributed by atoms with E-state index in [2.05, 4.69) is 20.9 Å². The average Bonchev–Trinajstić information content (AvgIpc) is 2.91. The summed E-state index contributed by atoms with van der Waals surface area (Å²) in [6.07, 6.45) is 0.922. The zero-order valence-corrected chi connectivity index (χ0v) is 11.6. The van der Waals surface area contributed by atoms with Gasteiger partial charge in [-0.15, -0.1) is 0 Å². The Morgan fingerprint density at radius 3 is 2.80 bits per heavy atom. The largest absolute Gasteiger partial charge is 0.476 e. The number of aromatic carboxylic acids is 1. The van der Waals surface area contributed by atoms with Crippen LogP contribution in [0.3, 0.4) is 0 Å². The van der Waals surface area contributed by atoms with Crippen molar-refractivity contribution in [2.75, 3.05) is 0 Å². The third-order valence-electron chi connectivity index (χ3n) is 2.73. The number of benzene rings is 2. The van der Waals surface area contributed by atoms with Gasteiger partial charge in [-0.1, -0.05) is 30.3 Å². The van der Waals surface area contributed by atoms with E-state index in [4.69, 9.17) is 14.3 Å². The number of ether oxygens (including phenoxy) is 1. The Kier molecular flexibility index (Phi) is 3.15. The predicted molar refractivity (Wildman–Crippen MR) is 75.2 cm³/mol. The van der Waals surface area contributed by atoms with Gasteiger partial charge in [0.05, 0.1) is 4.47 Å². The minimum atomic E-state index is -1.17. The Morgan fingerprint density at radius 2 is 2.05 bits per heavy atom. The zero-order chi connectivity index (χ0) is 14.1. The van der Waals surface area contributed by atoms with E-state index in [9.17, 15) is 4.79 Å². The van der Waals surface area contributed by atoms with E-state index in [0.29, 0.717) is 5.75 Å². The number of aromatic nitrogens is 1. The Morgan fingerprint density at radius 1 is 1.25 bits per heavy atom. The molecule has 6 heteroatoms. The molecule has 2 aromatic carbocycles. The Hall–Kier alpha value is -2.34. The maximum absolute atomic E-state index is 10.7. The standard InChI is InChI=1S/C14H8BrNO4/c15-12-9-4-2-1-3-8(9)5-6-11(12)20-14-16-10(7-19-14)13(17)18/h1-7H,(H,17,18). The molecule has 5 nitrogen and oxygen atoms in total. The van der Waals surface area contributed by atoms with Gasteiger partial charge >= 0.3 is 12.0 Å². The summed E-state index contributed by atoms with van der Waals surface area (Å²) in [6.45, 7) is 0. The van der Waals surface area contributed by atoms with Gasteiger partial charge < -0.3 is 14.3 Å². The van der Waals surface area contributed by atoms with Crippen molar-refractivity contribution in [2.45, 2.75) is 0 Å². The van der Waals surface area contributed by atoms with Crippen molar-refractivity contribution in [1.29, 1.82) is 0 Å². The monoisotopic (exact) mass is 333 g/mol. The summed E-state index contributed by atoms with van der Waals surface area (Å²) in [6, 6.07) is 11.5. The van der Waals surface area contributed by atoms with Crippen molar-refractivity contribution in [1.82, 2.24) is 4.98 Å². The summed E-state index contributed by atoms with van der Waals surface area (Å²) in [5.41, 5.74) is -0.197. The molecule has 3 aromatic rings. The molecule has 0 spiro atoms. The van der Waals surface area contributed by atoms with Crippen molar-refractivity contribution in [3.63, 3.8) is 0 Å². The normalized spacial score (nSPS) is 10.7. The van der Waals surface area contributed by atoms with Gasteiger partial charge in [-0.25, -0.2) is 4.79 Å². The minimum absolute atomic E-state index is 0.113. The third kappa shape index (κ3) is 2.25. The van der Waals surface area contributed by atoms with Gasteiger partial charge in [0.2, 0.25) is 0 Å². The van der Waals surface area contributed by atoms with Gasteiger partial charge in [-0.2, -0.15) is 4.98 Å². The molecule has 1 N–H and O–H groups in total. The minimum Gasteiger partial charge on any atom is -0.476 e. The third-order valence-corrected chi connectivity index (χ3v) is 3.55. The lowest BCUT2D eigenvalue weighted by Gasteiger charge is -2.06. The molecule has 1 aromatic heterocycles. The first-order chi connectivity index (χ1) is 9.65. The molecular formula is C14H8BrNO4. The van der Waals surface area contributed by atoms with Crippen LogP contribution in [0.5, 0.6) is 11.8 Å². The van der Waals surface area contributed by atoms with Crippen LogP contribution in [0.15, 0.2) is 51.6 Å². The number of rotatable bonds is 3. The SMILES string of the molecule is O=C(O)c1coc(Oc2ccc3ccccc3c2Br)n1. The second-order valence-corrected chi connectivity index (χ2v) is 4.80. The molecule has 100 valence electrons. The topological polar surface area (TPSA) is 72.6 Å². The first-order valence-electron chi connectivity index (χ1n) is 5.69. The molecule has 0 fully saturated rings. The second-order valence-electron chi connectivity index (χ2n) is 4.00. The van der Waals surface area contributed by atoms with Gasteiger partial charge in [0.25, 0.3) is 0 Å². The first-order valence-corrected chi connectivity index (χ1v) is 6.48. The van der Waals surface area contributed by atoms with E-state index in [-0.39, 0.29) is 11.8 Å². The number of hydrogen-bond acceptors (Lipinski definition) is 4. The number of nitrogens with zero attached hydrogens (tertiary/aromatic N) is 1. The summed E-state index contributed by atoms with van der Waals surface area (Å²) >= 11 is 3.46. The highest BCUT2D eigenvalue weighted by molar-refractivity contribution is 9.10. The summed E-state index contributed by atoms with van der Waals surface area (Å²) < 4.78 is 11.2.